The minimum absolute atomic E-state index is 0.0507. The van der Waals surface area contributed by atoms with Gasteiger partial charge in [0.15, 0.2) is 0 Å². The van der Waals surface area contributed by atoms with Crippen molar-refractivity contribution in [3.05, 3.63) is 21.9 Å². The molecule has 0 radical (unpaired) electrons. The van der Waals surface area contributed by atoms with Gasteiger partial charge in [0.2, 0.25) is 0 Å². The number of nitrogens with zero attached hydrogens (tertiary/aromatic N) is 2. The first-order valence-corrected chi connectivity index (χ1v) is 13.0. The minimum atomic E-state index is -1.04. The first-order chi connectivity index (χ1) is 10.8. The highest BCUT2D eigenvalue weighted by atomic mass is 127. The molecule has 1 heterocycles. The van der Waals surface area contributed by atoms with Gasteiger partial charge in [-0.3, -0.25) is 0 Å². The number of halogens is 1. The molecule has 1 aromatic heterocycles. The van der Waals surface area contributed by atoms with Gasteiger partial charge >= 0.3 is 0 Å². The topological polar surface area (TPSA) is 36.3 Å². The summed E-state index contributed by atoms with van der Waals surface area (Å²) in [5.41, 5.74) is 1.16. The van der Waals surface area contributed by atoms with E-state index >= 15 is 0 Å². The second kappa shape index (κ2) is 6.37. The zero-order valence-corrected chi connectivity index (χ0v) is 17.5. The van der Waals surface area contributed by atoms with Crippen LogP contribution < -0.4 is 4.74 Å². The average Bonchev–Trinajstić information content (AvgIpc) is 3.09. The Morgan fingerprint density at radius 2 is 2.04 bits per heavy atom. The number of aromatic nitrogens is 2. The van der Waals surface area contributed by atoms with E-state index in [-0.39, 0.29) is 5.60 Å². The van der Waals surface area contributed by atoms with Gasteiger partial charge in [-0.05, 0) is 66.6 Å². The van der Waals surface area contributed by atoms with Crippen molar-refractivity contribution in [3.8, 4) is 5.75 Å². The molecule has 4 nitrogen and oxygen atoms in total. The quantitative estimate of drug-likeness (QED) is 0.347. The van der Waals surface area contributed by atoms with Crippen LogP contribution in [0.5, 0.6) is 5.75 Å². The van der Waals surface area contributed by atoms with Crippen LogP contribution in [0.15, 0.2) is 18.2 Å². The van der Waals surface area contributed by atoms with Gasteiger partial charge in [-0.1, -0.05) is 19.6 Å². The first kappa shape index (κ1) is 17.2. The summed E-state index contributed by atoms with van der Waals surface area (Å²) >= 11 is 2.29. The molecule has 1 fully saturated rings. The van der Waals surface area contributed by atoms with Gasteiger partial charge in [-0.15, -0.1) is 0 Å². The summed E-state index contributed by atoms with van der Waals surface area (Å²) in [6, 6.07) is 7.42. The zero-order chi connectivity index (χ0) is 16.7. The van der Waals surface area contributed by atoms with Crippen LogP contribution in [0, 0.1) is 3.70 Å². The van der Waals surface area contributed by atoms with Crippen LogP contribution in [0.3, 0.4) is 0 Å². The van der Waals surface area contributed by atoms with E-state index in [0.717, 1.165) is 39.8 Å². The van der Waals surface area contributed by atoms with Crippen LogP contribution >= 0.6 is 22.6 Å². The van der Waals surface area contributed by atoms with Gasteiger partial charge in [-0.25, -0.2) is 4.68 Å². The molecule has 126 valence electrons. The van der Waals surface area contributed by atoms with E-state index in [4.69, 9.17) is 9.47 Å². The highest BCUT2D eigenvalue weighted by Gasteiger charge is 2.40. The van der Waals surface area contributed by atoms with Crippen molar-refractivity contribution in [3.63, 3.8) is 0 Å². The lowest BCUT2D eigenvalue weighted by Crippen LogP contribution is -2.22. The molecule has 23 heavy (non-hydrogen) atoms. The third-order valence-electron chi connectivity index (χ3n) is 4.21. The minimum Gasteiger partial charge on any atom is -0.488 e. The van der Waals surface area contributed by atoms with Crippen LogP contribution in [0.4, 0.5) is 0 Å². The number of fused-ring (bicyclic) bond motifs is 1. The summed E-state index contributed by atoms with van der Waals surface area (Å²) in [5.74, 6) is 0.939. The van der Waals surface area contributed by atoms with Crippen molar-refractivity contribution in [2.75, 3.05) is 6.61 Å². The van der Waals surface area contributed by atoms with Gasteiger partial charge in [-0.2, -0.15) is 5.10 Å². The lowest BCUT2D eigenvalue weighted by Gasteiger charge is -2.15. The normalized spacial score (nSPS) is 16.7. The number of benzene rings is 1. The Morgan fingerprint density at radius 3 is 2.70 bits per heavy atom. The summed E-state index contributed by atoms with van der Waals surface area (Å²) in [6.45, 7) is 10.6. The van der Waals surface area contributed by atoms with Crippen LogP contribution in [0.1, 0.15) is 19.8 Å². The summed E-state index contributed by atoms with van der Waals surface area (Å²) in [7, 11) is -1.04. The van der Waals surface area contributed by atoms with Crippen molar-refractivity contribution in [2.45, 2.75) is 57.8 Å². The Labute approximate surface area is 152 Å². The maximum absolute atomic E-state index is 6.05. The Morgan fingerprint density at radius 1 is 1.30 bits per heavy atom. The lowest BCUT2D eigenvalue weighted by molar-refractivity contribution is 0.0814. The van der Waals surface area contributed by atoms with Crippen molar-refractivity contribution >= 4 is 41.6 Å². The lowest BCUT2D eigenvalue weighted by atomic mass is 10.2. The molecule has 0 unspecified atom stereocenters. The second-order valence-corrected chi connectivity index (χ2v) is 14.5. The van der Waals surface area contributed by atoms with Crippen LogP contribution in [0.25, 0.3) is 10.9 Å². The molecule has 0 atom stereocenters. The molecule has 0 N–H and O–H groups in total. The molecule has 0 bridgehead atoms. The van der Waals surface area contributed by atoms with Gasteiger partial charge in [0.05, 0.1) is 5.52 Å². The number of hydrogen-bond donors (Lipinski definition) is 0. The Kier molecular flexibility index (Phi) is 4.77. The van der Waals surface area contributed by atoms with E-state index in [9.17, 15) is 0 Å². The van der Waals surface area contributed by atoms with Gasteiger partial charge < -0.3 is 9.47 Å². The molecule has 1 saturated carbocycles. The third kappa shape index (κ3) is 4.48. The molecule has 0 saturated heterocycles. The van der Waals surface area contributed by atoms with Crippen LogP contribution in [-0.2, 0) is 11.5 Å². The highest BCUT2D eigenvalue weighted by molar-refractivity contribution is 14.1. The maximum atomic E-state index is 6.05. The summed E-state index contributed by atoms with van der Waals surface area (Å²) < 4.78 is 14.8. The van der Waals surface area contributed by atoms with Crippen LogP contribution in [-0.4, -0.2) is 30.1 Å². The van der Waals surface area contributed by atoms with Gasteiger partial charge in [0.1, 0.15) is 21.8 Å². The van der Waals surface area contributed by atoms with E-state index in [1.807, 2.05) is 10.7 Å². The van der Waals surface area contributed by atoms with E-state index in [1.165, 1.54) is 6.04 Å². The zero-order valence-electron chi connectivity index (χ0n) is 14.4. The van der Waals surface area contributed by atoms with E-state index in [2.05, 4.69) is 66.4 Å². The molecule has 0 amide bonds. The van der Waals surface area contributed by atoms with E-state index in [0.29, 0.717) is 6.73 Å². The fourth-order valence-electron chi connectivity index (χ4n) is 2.37. The molecule has 1 aliphatic rings. The predicted molar refractivity (Wildman–Crippen MR) is 105 cm³/mol. The third-order valence-corrected chi connectivity index (χ3v) is 6.71. The summed E-state index contributed by atoms with van der Waals surface area (Å²) in [5, 5.41) is 5.75. The smallest absolute Gasteiger partial charge is 0.140 e. The monoisotopic (exact) mass is 444 g/mol. The van der Waals surface area contributed by atoms with Crippen molar-refractivity contribution < 1.29 is 9.47 Å². The standard InChI is InChI=1S/C17H25IN2O2Si/c1-17(7-8-17)22-13-5-6-15-14(11-13)16(18)19-20(15)12-21-9-10-23(2,3)4/h5-6,11H,7-10,12H2,1-4H3. The average molecular weight is 444 g/mol. The molecule has 1 aliphatic carbocycles. The Balaban J connectivity index is 1.69. The van der Waals surface area contributed by atoms with Crippen molar-refractivity contribution in [2.24, 2.45) is 0 Å². The molecule has 0 spiro atoms. The fraction of sp³-hybridized carbons (Fsp3) is 0.588. The van der Waals surface area contributed by atoms with Crippen molar-refractivity contribution in [1.82, 2.24) is 9.78 Å². The number of hydrogen-bond acceptors (Lipinski definition) is 3. The SMILES string of the molecule is CC1(Oc2ccc3c(c2)c(I)nn3COCC[Si](C)(C)C)CC1. The Bertz CT molecular complexity index is 704. The maximum Gasteiger partial charge on any atom is 0.140 e. The molecule has 6 heteroatoms. The molecular formula is C17H25IN2O2Si. The predicted octanol–water partition coefficient (Wildman–Crippen LogP) is 4.88. The molecule has 3 rings (SSSR count). The molecule has 2 aromatic rings. The molecule has 0 aliphatic heterocycles. The number of ether oxygens (including phenoxy) is 2. The molecule has 1 aromatic carbocycles. The largest absolute Gasteiger partial charge is 0.488 e. The van der Waals surface area contributed by atoms with E-state index < -0.39 is 8.07 Å². The molecular weight excluding hydrogens is 419 g/mol. The fourth-order valence-corrected chi connectivity index (χ4v) is 3.82. The van der Waals surface area contributed by atoms with Crippen LogP contribution in [0.2, 0.25) is 25.7 Å². The van der Waals surface area contributed by atoms with Gasteiger partial charge in [0, 0.05) is 20.1 Å². The van der Waals surface area contributed by atoms with Gasteiger partial charge in [0.25, 0.3) is 0 Å². The van der Waals surface area contributed by atoms with E-state index in [1.54, 1.807) is 0 Å². The number of rotatable bonds is 7. The summed E-state index contributed by atoms with van der Waals surface area (Å²) in [6.07, 6.45) is 2.29. The van der Waals surface area contributed by atoms with Crippen molar-refractivity contribution in [1.29, 1.82) is 0 Å². The second-order valence-electron chi connectivity index (χ2n) is 7.87. The first-order valence-electron chi connectivity index (χ1n) is 8.19. The Hall–Kier alpha value is -0.603. The highest BCUT2D eigenvalue weighted by Crippen LogP contribution is 2.40. The summed E-state index contributed by atoms with van der Waals surface area (Å²) in [4.78, 5) is 0.